The Bertz CT molecular complexity index is 467. The molecule has 0 spiro atoms. The average Bonchev–Trinajstić information content (AvgIpc) is 2.87. The van der Waals surface area contributed by atoms with Gasteiger partial charge in [0, 0.05) is 12.1 Å². The van der Waals surface area contributed by atoms with Gasteiger partial charge in [-0.2, -0.15) is 0 Å². The van der Waals surface area contributed by atoms with Crippen molar-refractivity contribution in [3.8, 4) is 5.75 Å². The quantitative estimate of drug-likeness (QED) is 0.851. The minimum atomic E-state index is -0.0113. The van der Waals surface area contributed by atoms with Crippen molar-refractivity contribution >= 4 is 5.91 Å². The van der Waals surface area contributed by atoms with Crippen LogP contribution in [0.4, 0.5) is 0 Å². The monoisotopic (exact) mass is 274 g/mol. The Kier molecular flexibility index (Phi) is 4.21. The molecule has 2 heterocycles. The van der Waals surface area contributed by atoms with E-state index in [1.807, 2.05) is 29.2 Å². The minimum Gasteiger partial charge on any atom is -0.491 e. The van der Waals surface area contributed by atoms with Gasteiger partial charge in [-0.1, -0.05) is 31.0 Å². The van der Waals surface area contributed by atoms with Gasteiger partial charge in [-0.3, -0.25) is 4.79 Å². The fraction of sp³-hybridized carbons (Fsp3) is 0.562. The highest BCUT2D eigenvalue weighted by Gasteiger charge is 2.26. The normalized spacial score (nSPS) is 23.2. The number of fused-ring (bicyclic) bond motifs is 1. The molecule has 0 bridgehead atoms. The number of hydrogen-bond acceptors (Lipinski definition) is 3. The number of rotatable bonds is 1. The summed E-state index contributed by atoms with van der Waals surface area (Å²) in [6.45, 7) is 2.87. The SMILES string of the molecule is O=C(C1CCCCCN1)N1CCOc2ccccc2C1. The third-order valence-corrected chi connectivity index (χ3v) is 4.12. The first-order valence-corrected chi connectivity index (χ1v) is 7.57. The number of ether oxygens (including phenoxy) is 1. The van der Waals surface area contributed by atoms with E-state index < -0.39 is 0 Å². The predicted octanol–water partition coefficient (Wildman–Crippen LogP) is 1.94. The molecule has 1 unspecified atom stereocenters. The lowest BCUT2D eigenvalue weighted by Crippen LogP contribution is -2.46. The van der Waals surface area contributed by atoms with Crippen molar-refractivity contribution in [1.29, 1.82) is 0 Å². The molecule has 1 fully saturated rings. The Labute approximate surface area is 120 Å². The molecule has 2 aliphatic heterocycles. The van der Waals surface area contributed by atoms with Crippen LogP contribution in [0.1, 0.15) is 31.2 Å². The zero-order chi connectivity index (χ0) is 13.8. The van der Waals surface area contributed by atoms with Gasteiger partial charge in [0.25, 0.3) is 0 Å². The molecule has 4 nitrogen and oxygen atoms in total. The van der Waals surface area contributed by atoms with Gasteiger partial charge in [0.05, 0.1) is 12.6 Å². The van der Waals surface area contributed by atoms with Crippen LogP contribution in [0.5, 0.6) is 5.75 Å². The zero-order valence-electron chi connectivity index (χ0n) is 11.8. The zero-order valence-corrected chi connectivity index (χ0v) is 11.8. The van der Waals surface area contributed by atoms with E-state index in [4.69, 9.17) is 4.74 Å². The second kappa shape index (κ2) is 6.27. The van der Waals surface area contributed by atoms with E-state index in [9.17, 15) is 4.79 Å². The predicted molar refractivity (Wildman–Crippen MR) is 77.6 cm³/mol. The third kappa shape index (κ3) is 2.96. The van der Waals surface area contributed by atoms with Gasteiger partial charge in [0.1, 0.15) is 12.4 Å². The molecule has 20 heavy (non-hydrogen) atoms. The van der Waals surface area contributed by atoms with Gasteiger partial charge in [-0.15, -0.1) is 0 Å². The molecule has 0 aliphatic carbocycles. The summed E-state index contributed by atoms with van der Waals surface area (Å²) in [7, 11) is 0. The molecule has 0 aromatic heterocycles. The summed E-state index contributed by atoms with van der Waals surface area (Å²) < 4.78 is 5.73. The fourth-order valence-electron chi connectivity index (χ4n) is 2.97. The number of amides is 1. The van der Waals surface area contributed by atoms with Gasteiger partial charge in [-0.25, -0.2) is 0 Å². The van der Waals surface area contributed by atoms with Crippen LogP contribution in [0.2, 0.25) is 0 Å². The first-order valence-electron chi connectivity index (χ1n) is 7.57. The first-order chi connectivity index (χ1) is 9.84. The Hall–Kier alpha value is -1.55. The summed E-state index contributed by atoms with van der Waals surface area (Å²) in [6.07, 6.45) is 4.50. The van der Waals surface area contributed by atoms with Crippen molar-refractivity contribution in [3.63, 3.8) is 0 Å². The smallest absolute Gasteiger partial charge is 0.240 e. The van der Waals surface area contributed by atoms with E-state index >= 15 is 0 Å². The van der Waals surface area contributed by atoms with Crippen LogP contribution in [0.3, 0.4) is 0 Å². The summed E-state index contributed by atoms with van der Waals surface area (Å²) in [5.41, 5.74) is 1.10. The largest absolute Gasteiger partial charge is 0.491 e. The van der Waals surface area contributed by atoms with Crippen molar-refractivity contribution in [1.82, 2.24) is 10.2 Å². The van der Waals surface area contributed by atoms with E-state index in [0.717, 1.165) is 30.7 Å². The molecule has 1 aromatic carbocycles. The lowest BCUT2D eigenvalue weighted by Gasteiger charge is -2.25. The molecule has 4 heteroatoms. The number of para-hydroxylation sites is 1. The minimum absolute atomic E-state index is 0.0113. The number of nitrogens with one attached hydrogen (secondary N) is 1. The van der Waals surface area contributed by atoms with E-state index in [0.29, 0.717) is 19.7 Å². The molecule has 3 rings (SSSR count). The Balaban J connectivity index is 1.71. The van der Waals surface area contributed by atoms with Gasteiger partial charge in [0.15, 0.2) is 0 Å². The number of carbonyl (C=O) groups excluding carboxylic acids is 1. The maximum Gasteiger partial charge on any atom is 0.240 e. The summed E-state index contributed by atoms with van der Waals surface area (Å²) in [5.74, 6) is 1.14. The molecule has 1 aromatic rings. The molecule has 1 amide bonds. The van der Waals surface area contributed by atoms with E-state index in [1.54, 1.807) is 0 Å². The molecule has 1 atom stereocenters. The van der Waals surface area contributed by atoms with Crippen molar-refractivity contribution in [2.45, 2.75) is 38.3 Å². The number of nitrogens with zero attached hydrogens (tertiary/aromatic N) is 1. The summed E-state index contributed by atoms with van der Waals surface area (Å²) in [6, 6.07) is 7.99. The maximum absolute atomic E-state index is 12.7. The molecular weight excluding hydrogens is 252 g/mol. The van der Waals surface area contributed by atoms with Crippen molar-refractivity contribution in [2.75, 3.05) is 19.7 Å². The molecule has 0 saturated carbocycles. The van der Waals surface area contributed by atoms with E-state index in [2.05, 4.69) is 5.32 Å². The Morgan fingerprint density at radius 2 is 2.15 bits per heavy atom. The van der Waals surface area contributed by atoms with Crippen LogP contribution in [-0.2, 0) is 11.3 Å². The van der Waals surface area contributed by atoms with Gasteiger partial charge in [-0.05, 0) is 25.5 Å². The van der Waals surface area contributed by atoms with Crippen LogP contribution in [0.15, 0.2) is 24.3 Å². The molecular formula is C16H22N2O2. The van der Waals surface area contributed by atoms with Crippen LogP contribution in [0.25, 0.3) is 0 Å². The van der Waals surface area contributed by atoms with Crippen LogP contribution < -0.4 is 10.1 Å². The summed E-state index contributed by atoms with van der Waals surface area (Å²) >= 11 is 0. The summed E-state index contributed by atoms with van der Waals surface area (Å²) in [5, 5.41) is 3.39. The lowest BCUT2D eigenvalue weighted by atomic mass is 10.1. The van der Waals surface area contributed by atoms with E-state index in [1.165, 1.54) is 12.8 Å². The number of benzene rings is 1. The van der Waals surface area contributed by atoms with Crippen LogP contribution in [0, 0.1) is 0 Å². The van der Waals surface area contributed by atoms with E-state index in [-0.39, 0.29) is 11.9 Å². The molecule has 1 N–H and O–H groups in total. The van der Waals surface area contributed by atoms with Gasteiger partial charge in [0.2, 0.25) is 5.91 Å². The average molecular weight is 274 g/mol. The number of carbonyl (C=O) groups is 1. The fourth-order valence-corrected chi connectivity index (χ4v) is 2.97. The highest BCUT2D eigenvalue weighted by Crippen LogP contribution is 2.23. The van der Waals surface area contributed by atoms with Crippen LogP contribution in [-0.4, -0.2) is 36.5 Å². The maximum atomic E-state index is 12.7. The van der Waals surface area contributed by atoms with Crippen LogP contribution >= 0.6 is 0 Å². The highest BCUT2D eigenvalue weighted by molar-refractivity contribution is 5.82. The second-order valence-corrected chi connectivity index (χ2v) is 5.57. The summed E-state index contributed by atoms with van der Waals surface area (Å²) in [4.78, 5) is 14.6. The molecule has 2 aliphatic rings. The van der Waals surface area contributed by atoms with Crippen molar-refractivity contribution < 1.29 is 9.53 Å². The van der Waals surface area contributed by atoms with Gasteiger partial charge < -0.3 is 15.0 Å². The first kappa shape index (κ1) is 13.4. The highest BCUT2D eigenvalue weighted by atomic mass is 16.5. The molecule has 108 valence electrons. The third-order valence-electron chi connectivity index (χ3n) is 4.12. The number of hydrogen-bond donors (Lipinski definition) is 1. The molecule has 1 saturated heterocycles. The second-order valence-electron chi connectivity index (χ2n) is 5.57. The van der Waals surface area contributed by atoms with Gasteiger partial charge >= 0.3 is 0 Å². The molecule has 0 radical (unpaired) electrons. The van der Waals surface area contributed by atoms with Crippen molar-refractivity contribution in [3.05, 3.63) is 29.8 Å². The Morgan fingerprint density at radius 1 is 1.25 bits per heavy atom. The van der Waals surface area contributed by atoms with Crippen molar-refractivity contribution in [2.24, 2.45) is 0 Å². The topological polar surface area (TPSA) is 41.6 Å². The Morgan fingerprint density at radius 3 is 3.10 bits per heavy atom. The standard InChI is InChI=1S/C16H22N2O2/c19-16(14-7-2-1-5-9-17-14)18-10-11-20-15-8-4-3-6-13(15)12-18/h3-4,6,8,14,17H,1-2,5,7,9-12H2. The lowest BCUT2D eigenvalue weighted by molar-refractivity contribution is -0.134.